The smallest absolute Gasteiger partial charge is 0.248 e. The van der Waals surface area contributed by atoms with Crippen LogP contribution in [0.15, 0.2) is 42.7 Å². The second kappa shape index (κ2) is 4.75. The third kappa shape index (κ3) is 2.24. The second-order valence-electron chi connectivity index (χ2n) is 3.91. The Bertz CT molecular complexity index is 568. The summed E-state index contributed by atoms with van der Waals surface area (Å²) in [5.74, 6) is -0.476. The Balaban J connectivity index is 2.44. The Kier molecular flexibility index (Phi) is 3.14. The van der Waals surface area contributed by atoms with Crippen molar-refractivity contribution in [1.29, 1.82) is 0 Å². The molecule has 18 heavy (non-hydrogen) atoms. The highest BCUT2D eigenvalue weighted by Crippen LogP contribution is 2.29. The molecule has 92 valence electrons. The number of hydrogen-bond acceptors (Lipinski definition) is 4. The van der Waals surface area contributed by atoms with Gasteiger partial charge < -0.3 is 16.4 Å². The Morgan fingerprint density at radius 2 is 2.11 bits per heavy atom. The topological polar surface area (TPSA) is 85.2 Å². The van der Waals surface area contributed by atoms with Crippen LogP contribution in [0.4, 0.5) is 17.1 Å². The van der Waals surface area contributed by atoms with E-state index in [9.17, 15) is 4.79 Å². The van der Waals surface area contributed by atoms with Crippen LogP contribution in [0, 0.1) is 0 Å². The second-order valence-corrected chi connectivity index (χ2v) is 3.91. The van der Waals surface area contributed by atoms with Gasteiger partial charge in [0.2, 0.25) is 5.91 Å². The molecule has 1 amide bonds. The molecule has 0 atom stereocenters. The molecule has 5 heteroatoms. The number of carbonyl (C=O) groups excluding carboxylic acids is 1. The van der Waals surface area contributed by atoms with Crippen molar-refractivity contribution in [2.75, 3.05) is 17.7 Å². The molecule has 2 rings (SSSR count). The van der Waals surface area contributed by atoms with Crippen molar-refractivity contribution in [3.63, 3.8) is 0 Å². The zero-order chi connectivity index (χ0) is 13.1. The summed E-state index contributed by atoms with van der Waals surface area (Å²) in [7, 11) is 1.85. The Morgan fingerprint density at radius 3 is 2.72 bits per heavy atom. The summed E-state index contributed by atoms with van der Waals surface area (Å²) in [6, 6.07) is 8.69. The normalized spacial score (nSPS) is 10.1. The molecule has 0 radical (unpaired) electrons. The third-order valence-electron chi connectivity index (χ3n) is 2.71. The predicted molar refractivity (Wildman–Crippen MR) is 71.7 cm³/mol. The first-order valence-corrected chi connectivity index (χ1v) is 5.42. The standard InChI is InChI=1S/C13H14N4O/c1-17(10-3-2-6-16-8-10)12-7-9(13(15)18)4-5-11(12)14/h2-8H,14H2,1H3,(H2,15,18). The molecule has 0 spiro atoms. The largest absolute Gasteiger partial charge is 0.397 e. The number of anilines is 3. The van der Waals surface area contributed by atoms with E-state index < -0.39 is 5.91 Å². The van der Waals surface area contributed by atoms with Gasteiger partial charge in [0, 0.05) is 18.8 Å². The first-order chi connectivity index (χ1) is 8.59. The lowest BCUT2D eigenvalue weighted by Crippen LogP contribution is -2.15. The zero-order valence-electron chi connectivity index (χ0n) is 10.00. The minimum Gasteiger partial charge on any atom is -0.397 e. The summed E-state index contributed by atoms with van der Waals surface area (Å²) in [6.07, 6.45) is 3.41. The average molecular weight is 242 g/mol. The van der Waals surface area contributed by atoms with E-state index in [4.69, 9.17) is 11.5 Å². The molecule has 0 aliphatic carbocycles. The number of nitrogens with zero attached hydrogens (tertiary/aromatic N) is 2. The van der Waals surface area contributed by atoms with Crippen LogP contribution >= 0.6 is 0 Å². The molecule has 1 aromatic carbocycles. The van der Waals surface area contributed by atoms with Gasteiger partial charge in [0.05, 0.1) is 23.3 Å². The van der Waals surface area contributed by atoms with E-state index in [1.54, 1.807) is 30.6 Å². The maximum Gasteiger partial charge on any atom is 0.248 e. The van der Waals surface area contributed by atoms with Gasteiger partial charge in [-0.2, -0.15) is 0 Å². The van der Waals surface area contributed by atoms with Crippen LogP contribution in [0.25, 0.3) is 0 Å². The van der Waals surface area contributed by atoms with Crippen molar-refractivity contribution < 1.29 is 4.79 Å². The van der Waals surface area contributed by atoms with Crippen molar-refractivity contribution in [2.24, 2.45) is 5.73 Å². The molecule has 0 fully saturated rings. The number of nitrogen functional groups attached to an aromatic ring is 1. The summed E-state index contributed by atoms with van der Waals surface area (Å²) in [5, 5.41) is 0. The van der Waals surface area contributed by atoms with Crippen LogP contribution in [0.2, 0.25) is 0 Å². The highest BCUT2D eigenvalue weighted by Gasteiger charge is 2.10. The van der Waals surface area contributed by atoms with Crippen molar-refractivity contribution in [2.45, 2.75) is 0 Å². The molecular formula is C13H14N4O. The highest BCUT2D eigenvalue weighted by molar-refractivity contribution is 5.95. The molecule has 0 bridgehead atoms. The quantitative estimate of drug-likeness (QED) is 0.799. The Labute approximate surface area is 105 Å². The van der Waals surface area contributed by atoms with Gasteiger partial charge in [0.1, 0.15) is 0 Å². The SMILES string of the molecule is CN(c1cccnc1)c1cc(C(N)=O)ccc1N. The lowest BCUT2D eigenvalue weighted by Gasteiger charge is -2.21. The molecular weight excluding hydrogens is 228 g/mol. The van der Waals surface area contributed by atoms with Crippen LogP contribution in [0.3, 0.4) is 0 Å². The maximum atomic E-state index is 11.2. The van der Waals surface area contributed by atoms with E-state index in [1.165, 1.54) is 0 Å². The zero-order valence-corrected chi connectivity index (χ0v) is 10.00. The number of carbonyl (C=O) groups is 1. The predicted octanol–water partition coefficient (Wildman–Crippen LogP) is 1.53. The fourth-order valence-corrected chi connectivity index (χ4v) is 1.68. The van der Waals surface area contributed by atoms with E-state index in [0.29, 0.717) is 11.3 Å². The number of amides is 1. The van der Waals surface area contributed by atoms with Crippen molar-refractivity contribution in [3.8, 4) is 0 Å². The molecule has 0 saturated carbocycles. The van der Waals surface area contributed by atoms with E-state index >= 15 is 0 Å². The number of benzene rings is 1. The third-order valence-corrected chi connectivity index (χ3v) is 2.71. The van der Waals surface area contributed by atoms with Crippen LogP contribution in [0.5, 0.6) is 0 Å². The Morgan fingerprint density at radius 1 is 1.33 bits per heavy atom. The molecule has 1 aromatic heterocycles. The number of nitrogens with two attached hydrogens (primary N) is 2. The summed E-state index contributed by atoms with van der Waals surface area (Å²) < 4.78 is 0. The summed E-state index contributed by atoms with van der Waals surface area (Å²) >= 11 is 0. The number of rotatable bonds is 3. The molecule has 0 unspecified atom stereocenters. The fourth-order valence-electron chi connectivity index (χ4n) is 1.68. The van der Waals surface area contributed by atoms with Crippen LogP contribution in [-0.2, 0) is 0 Å². The first kappa shape index (κ1) is 11.9. The summed E-state index contributed by atoms with van der Waals surface area (Å²) in [6.45, 7) is 0. The maximum absolute atomic E-state index is 11.2. The van der Waals surface area contributed by atoms with Gasteiger partial charge in [-0.1, -0.05) is 0 Å². The average Bonchev–Trinajstić information content (AvgIpc) is 2.39. The molecule has 0 saturated heterocycles. The van der Waals surface area contributed by atoms with Crippen molar-refractivity contribution >= 4 is 23.0 Å². The number of primary amides is 1. The highest BCUT2D eigenvalue weighted by atomic mass is 16.1. The van der Waals surface area contributed by atoms with E-state index in [-0.39, 0.29) is 0 Å². The van der Waals surface area contributed by atoms with Crippen LogP contribution in [-0.4, -0.2) is 17.9 Å². The minimum absolute atomic E-state index is 0.426. The van der Waals surface area contributed by atoms with Gasteiger partial charge in [-0.25, -0.2) is 0 Å². The van der Waals surface area contributed by atoms with Crippen molar-refractivity contribution in [1.82, 2.24) is 4.98 Å². The van der Waals surface area contributed by atoms with Gasteiger partial charge >= 0.3 is 0 Å². The van der Waals surface area contributed by atoms with Gasteiger partial charge in [-0.3, -0.25) is 9.78 Å². The number of aromatic nitrogens is 1. The molecule has 2 aromatic rings. The van der Waals surface area contributed by atoms with Gasteiger partial charge in [0.15, 0.2) is 0 Å². The minimum atomic E-state index is -0.476. The summed E-state index contributed by atoms with van der Waals surface area (Å²) in [4.78, 5) is 17.1. The lowest BCUT2D eigenvalue weighted by molar-refractivity contribution is 0.100. The van der Waals surface area contributed by atoms with Crippen LogP contribution < -0.4 is 16.4 Å². The van der Waals surface area contributed by atoms with Crippen molar-refractivity contribution in [3.05, 3.63) is 48.3 Å². The van der Waals surface area contributed by atoms with Gasteiger partial charge in [-0.15, -0.1) is 0 Å². The Hall–Kier alpha value is -2.56. The van der Waals surface area contributed by atoms with E-state index in [0.717, 1.165) is 11.4 Å². The first-order valence-electron chi connectivity index (χ1n) is 5.42. The lowest BCUT2D eigenvalue weighted by atomic mass is 10.1. The molecule has 1 heterocycles. The molecule has 0 aliphatic heterocycles. The molecule has 5 nitrogen and oxygen atoms in total. The number of pyridine rings is 1. The van der Waals surface area contributed by atoms with Gasteiger partial charge in [0.25, 0.3) is 0 Å². The van der Waals surface area contributed by atoms with Crippen LogP contribution in [0.1, 0.15) is 10.4 Å². The fraction of sp³-hybridized carbons (Fsp3) is 0.0769. The summed E-state index contributed by atoms with van der Waals surface area (Å²) in [5.41, 5.74) is 13.8. The molecule has 4 N–H and O–H groups in total. The molecule has 0 aliphatic rings. The van der Waals surface area contributed by atoms with E-state index in [1.807, 2.05) is 24.1 Å². The number of hydrogen-bond donors (Lipinski definition) is 2. The monoisotopic (exact) mass is 242 g/mol. The van der Waals surface area contributed by atoms with E-state index in [2.05, 4.69) is 4.98 Å². The van der Waals surface area contributed by atoms with Gasteiger partial charge in [-0.05, 0) is 30.3 Å².